The number of β-lactam (4-membered cyclic amide) rings is 1. The molecule has 2 aromatic rings. The van der Waals surface area contributed by atoms with Crippen LogP contribution < -0.4 is 10.6 Å². The van der Waals surface area contributed by atoms with E-state index in [1.807, 2.05) is 31.2 Å². The predicted molar refractivity (Wildman–Crippen MR) is 80.8 cm³/mol. The molecule has 120 valence electrons. The summed E-state index contributed by atoms with van der Waals surface area (Å²) in [5.74, 6) is -0.296. The summed E-state index contributed by atoms with van der Waals surface area (Å²) >= 11 is 0. The van der Waals surface area contributed by atoms with E-state index in [1.165, 1.54) is 17.0 Å². The third-order valence-electron chi connectivity index (χ3n) is 4.03. The zero-order valence-corrected chi connectivity index (χ0v) is 12.3. The molecule has 1 fully saturated rings. The van der Waals surface area contributed by atoms with Gasteiger partial charge in [0.05, 0.1) is 11.6 Å². The van der Waals surface area contributed by atoms with Crippen molar-refractivity contribution in [1.82, 2.24) is 0 Å². The lowest BCUT2D eigenvalue weighted by atomic mass is 9.88. The van der Waals surface area contributed by atoms with E-state index >= 15 is 0 Å². The smallest absolute Gasteiger partial charge is 0.318 e. The second-order valence-electron chi connectivity index (χ2n) is 5.63. The van der Waals surface area contributed by atoms with Gasteiger partial charge in [0.2, 0.25) is 5.91 Å². The molecule has 1 saturated heterocycles. The molecule has 0 spiro atoms. The van der Waals surface area contributed by atoms with Crippen molar-refractivity contribution in [2.45, 2.75) is 25.2 Å². The number of hydrogen-bond donors (Lipinski definition) is 1. The summed E-state index contributed by atoms with van der Waals surface area (Å²) in [4.78, 5) is 13.5. The number of hydrogen-bond acceptors (Lipinski definition) is 2. The minimum absolute atomic E-state index is 0.296. The van der Waals surface area contributed by atoms with Crippen LogP contribution >= 0.6 is 0 Å². The van der Waals surface area contributed by atoms with Crippen molar-refractivity contribution < 1.29 is 18.0 Å². The lowest BCUT2D eigenvalue weighted by Crippen LogP contribution is -2.63. The molecule has 0 aromatic heterocycles. The van der Waals surface area contributed by atoms with Crippen molar-refractivity contribution >= 4 is 11.6 Å². The lowest BCUT2D eigenvalue weighted by Gasteiger charge is -2.45. The predicted octanol–water partition coefficient (Wildman–Crippen LogP) is 3.43. The second kappa shape index (κ2) is 5.38. The van der Waals surface area contributed by atoms with Crippen molar-refractivity contribution in [3.8, 4) is 0 Å². The zero-order chi connectivity index (χ0) is 16.8. The van der Waals surface area contributed by atoms with Crippen LogP contribution in [0.3, 0.4) is 0 Å². The van der Waals surface area contributed by atoms with Crippen LogP contribution in [0.15, 0.2) is 48.5 Å². The average Bonchev–Trinajstić information content (AvgIpc) is 2.52. The summed E-state index contributed by atoms with van der Waals surface area (Å²) in [5.41, 5.74) is 7.50. The Morgan fingerprint density at radius 3 is 2.09 bits per heavy atom. The molecule has 0 aliphatic carbocycles. The highest BCUT2D eigenvalue weighted by Gasteiger charge is 2.46. The quantitative estimate of drug-likeness (QED) is 0.862. The molecule has 1 heterocycles. The minimum Gasteiger partial charge on any atom is -0.318 e. The maximum absolute atomic E-state index is 12.6. The maximum Gasteiger partial charge on any atom is 0.416 e. The number of halogens is 3. The minimum atomic E-state index is -4.40. The summed E-state index contributed by atoms with van der Waals surface area (Å²) in [5, 5.41) is 0. The molecule has 2 aromatic carbocycles. The molecule has 0 bridgehead atoms. The number of rotatable bonds is 2. The van der Waals surface area contributed by atoms with Gasteiger partial charge in [-0.05, 0) is 36.8 Å². The Hall–Kier alpha value is -2.34. The first-order valence-corrected chi connectivity index (χ1v) is 7.11. The molecule has 2 atom stereocenters. The molecule has 2 N–H and O–H groups in total. The molecular weight excluding hydrogens is 305 g/mol. The number of aryl methyl sites for hydroxylation is 1. The van der Waals surface area contributed by atoms with Crippen LogP contribution in [0, 0.1) is 6.92 Å². The van der Waals surface area contributed by atoms with Gasteiger partial charge in [0.1, 0.15) is 6.04 Å². The van der Waals surface area contributed by atoms with E-state index in [4.69, 9.17) is 5.73 Å². The molecule has 0 saturated carbocycles. The monoisotopic (exact) mass is 320 g/mol. The number of carbonyl (C=O) groups excluding carboxylic acids is 1. The van der Waals surface area contributed by atoms with Crippen molar-refractivity contribution in [2.24, 2.45) is 5.73 Å². The fourth-order valence-corrected chi connectivity index (χ4v) is 2.73. The Kier molecular flexibility index (Phi) is 3.64. The first-order chi connectivity index (χ1) is 10.8. The summed E-state index contributed by atoms with van der Waals surface area (Å²) in [7, 11) is 0. The number of carbonyl (C=O) groups is 1. The van der Waals surface area contributed by atoms with E-state index in [2.05, 4.69) is 0 Å². The van der Waals surface area contributed by atoms with Crippen LogP contribution in [0.1, 0.15) is 22.7 Å². The molecule has 3 rings (SSSR count). The molecule has 6 heteroatoms. The number of nitrogens with two attached hydrogens (primary N) is 1. The summed E-state index contributed by atoms with van der Waals surface area (Å²) in [6.45, 7) is 1.95. The van der Waals surface area contributed by atoms with Gasteiger partial charge < -0.3 is 10.6 Å². The fraction of sp³-hybridized carbons (Fsp3) is 0.235. The van der Waals surface area contributed by atoms with E-state index in [0.29, 0.717) is 5.69 Å². The molecule has 1 aliphatic heterocycles. The first-order valence-electron chi connectivity index (χ1n) is 7.11. The van der Waals surface area contributed by atoms with Gasteiger partial charge in [-0.1, -0.05) is 29.8 Å². The van der Waals surface area contributed by atoms with Crippen LogP contribution in [-0.4, -0.2) is 11.9 Å². The van der Waals surface area contributed by atoms with E-state index < -0.39 is 17.8 Å². The number of amides is 1. The third-order valence-corrected chi connectivity index (χ3v) is 4.03. The van der Waals surface area contributed by atoms with Crippen molar-refractivity contribution in [3.05, 3.63) is 65.2 Å². The maximum atomic E-state index is 12.6. The molecule has 1 aliphatic rings. The van der Waals surface area contributed by atoms with Crippen molar-refractivity contribution in [3.63, 3.8) is 0 Å². The molecule has 3 nitrogen and oxygen atoms in total. The molecule has 23 heavy (non-hydrogen) atoms. The summed E-state index contributed by atoms with van der Waals surface area (Å²) in [6, 6.07) is 11.1. The van der Waals surface area contributed by atoms with Gasteiger partial charge in [0.15, 0.2) is 0 Å². The summed E-state index contributed by atoms with van der Waals surface area (Å²) < 4.78 is 37.9. The van der Waals surface area contributed by atoms with Gasteiger partial charge in [-0.15, -0.1) is 0 Å². The molecule has 0 radical (unpaired) electrons. The Morgan fingerprint density at radius 1 is 1.00 bits per heavy atom. The Labute approximate surface area is 131 Å². The average molecular weight is 320 g/mol. The standard InChI is InChI=1S/C17H15F3N2O/c1-10-2-4-11(5-3-10)15-14(21)16(23)22(15)13-8-6-12(7-9-13)17(18,19)20/h2-9,14-15H,21H2,1H3. The van der Waals surface area contributed by atoms with Gasteiger partial charge in [0, 0.05) is 5.69 Å². The number of nitrogens with zero attached hydrogens (tertiary/aromatic N) is 1. The van der Waals surface area contributed by atoms with Gasteiger partial charge in [-0.3, -0.25) is 4.79 Å². The third kappa shape index (κ3) is 2.70. The van der Waals surface area contributed by atoms with E-state index in [-0.39, 0.29) is 11.9 Å². The Bertz CT molecular complexity index is 723. The number of anilines is 1. The van der Waals surface area contributed by atoms with Crippen LogP contribution in [0.2, 0.25) is 0 Å². The van der Waals surface area contributed by atoms with Crippen molar-refractivity contribution in [2.75, 3.05) is 4.90 Å². The normalized spacial score (nSPS) is 21.3. The first kappa shape index (κ1) is 15.6. The molecule has 2 unspecified atom stereocenters. The van der Waals surface area contributed by atoms with Crippen molar-refractivity contribution in [1.29, 1.82) is 0 Å². The van der Waals surface area contributed by atoms with E-state index in [0.717, 1.165) is 23.3 Å². The topological polar surface area (TPSA) is 46.3 Å². The van der Waals surface area contributed by atoms with Gasteiger partial charge >= 0.3 is 6.18 Å². The van der Waals surface area contributed by atoms with Crippen LogP contribution in [-0.2, 0) is 11.0 Å². The van der Waals surface area contributed by atoms with Gasteiger partial charge in [-0.2, -0.15) is 13.2 Å². The number of alkyl halides is 3. The fourth-order valence-electron chi connectivity index (χ4n) is 2.73. The van der Waals surface area contributed by atoms with Gasteiger partial charge in [0.25, 0.3) is 0 Å². The largest absolute Gasteiger partial charge is 0.416 e. The Morgan fingerprint density at radius 2 is 1.57 bits per heavy atom. The molecule has 1 amide bonds. The van der Waals surface area contributed by atoms with E-state index in [1.54, 1.807) is 0 Å². The van der Waals surface area contributed by atoms with Crippen LogP contribution in [0.5, 0.6) is 0 Å². The lowest BCUT2D eigenvalue weighted by molar-refractivity contribution is -0.137. The van der Waals surface area contributed by atoms with E-state index in [9.17, 15) is 18.0 Å². The second-order valence-corrected chi connectivity index (χ2v) is 5.63. The highest BCUT2D eigenvalue weighted by atomic mass is 19.4. The summed E-state index contributed by atoms with van der Waals surface area (Å²) in [6.07, 6.45) is -4.40. The highest BCUT2D eigenvalue weighted by molar-refractivity contribution is 6.05. The van der Waals surface area contributed by atoms with Crippen LogP contribution in [0.25, 0.3) is 0 Å². The molecular formula is C17H15F3N2O. The SMILES string of the molecule is Cc1ccc(C2C(N)C(=O)N2c2ccc(C(F)(F)F)cc2)cc1. The Balaban J connectivity index is 1.91. The van der Waals surface area contributed by atoms with Crippen LogP contribution in [0.4, 0.5) is 18.9 Å². The highest BCUT2D eigenvalue weighted by Crippen LogP contribution is 2.39. The zero-order valence-electron chi connectivity index (χ0n) is 12.3. The number of benzene rings is 2. The van der Waals surface area contributed by atoms with Gasteiger partial charge in [-0.25, -0.2) is 0 Å².